The highest BCUT2D eigenvalue weighted by Crippen LogP contribution is 2.56. The molecule has 1 aliphatic heterocycles. The van der Waals surface area contributed by atoms with Crippen molar-refractivity contribution in [1.29, 1.82) is 0 Å². The quantitative estimate of drug-likeness (QED) is 0.197. The predicted molar refractivity (Wildman–Crippen MR) is 184 cm³/mol. The third-order valence-corrected chi connectivity index (χ3v) is 10.8. The molecule has 0 amide bonds. The first-order chi connectivity index (χ1) is 22.3. The maximum atomic E-state index is 6.17. The molecule has 0 bridgehead atoms. The van der Waals surface area contributed by atoms with Gasteiger partial charge in [-0.1, -0.05) is 60.3 Å². The van der Waals surface area contributed by atoms with Crippen LogP contribution < -0.4 is 4.90 Å². The van der Waals surface area contributed by atoms with Gasteiger partial charge >= 0.3 is 0 Å². The third kappa shape index (κ3) is 3.88. The molecule has 45 heavy (non-hydrogen) atoms. The van der Waals surface area contributed by atoms with E-state index < -0.39 is 0 Å². The van der Waals surface area contributed by atoms with Crippen LogP contribution >= 0.6 is 23.1 Å². The number of anilines is 3. The number of hydrogen-bond acceptors (Lipinski definition) is 7. The first kappa shape index (κ1) is 25.0. The molecule has 0 saturated heterocycles. The highest BCUT2D eigenvalue weighted by molar-refractivity contribution is 8.00. The van der Waals surface area contributed by atoms with Crippen LogP contribution in [0.3, 0.4) is 0 Å². The lowest BCUT2D eigenvalue weighted by Gasteiger charge is -2.33. The van der Waals surface area contributed by atoms with Crippen LogP contribution in [0.2, 0.25) is 0 Å². The summed E-state index contributed by atoms with van der Waals surface area (Å²) in [5.74, 6) is 1.24. The van der Waals surface area contributed by atoms with Gasteiger partial charge in [0, 0.05) is 37.2 Å². The summed E-state index contributed by atoms with van der Waals surface area (Å²) in [6, 6.07) is 43.9. The van der Waals surface area contributed by atoms with E-state index in [1.54, 1.807) is 0 Å². The van der Waals surface area contributed by atoms with Crippen LogP contribution in [-0.4, -0.2) is 9.97 Å². The SMILES string of the molecule is c1ccc2oc(-c3ccc(N4c5ccc(-c6nc7ccccc7o6)cc5Sc5c4ccc4c5sc5ccccc54)cc3)nc2c1. The van der Waals surface area contributed by atoms with Gasteiger partial charge in [0.2, 0.25) is 11.8 Å². The summed E-state index contributed by atoms with van der Waals surface area (Å²) >= 11 is 3.67. The minimum Gasteiger partial charge on any atom is -0.436 e. The predicted octanol–water partition coefficient (Wildman–Crippen LogP) is 11.6. The van der Waals surface area contributed by atoms with Crippen molar-refractivity contribution in [3.63, 3.8) is 0 Å². The second-order valence-electron chi connectivity index (χ2n) is 11.0. The highest BCUT2D eigenvalue weighted by atomic mass is 32.2. The second kappa shape index (κ2) is 9.56. The summed E-state index contributed by atoms with van der Waals surface area (Å²) in [5.41, 5.74) is 8.52. The molecule has 6 aromatic carbocycles. The first-order valence-corrected chi connectivity index (χ1v) is 16.3. The largest absolute Gasteiger partial charge is 0.436 e. The fourth-order valence-electron chi connectivity index (χ4n) is 6.20. The number of rotatable bonds is 3. The van der Waals surface area contributed by atoms with Crippen molar-refractivity contribution >= 4 is 82.5 Å². The molecule has 212 valence electrons. The molecule has 0 radical (unpaired) electrons. The lowest BCUT2D eigenvalue weighted by molar-refractivity contribution is 0.619. The zero-order valence-corrected chi connectivity index (χ0v) is 25.2. The Morgan fingerprint density at radius 1 is 0.556 bits per heavy atom. The Balaban J connectivity index is 1.14. The van der Waals surface area contributed by atoms with Crippen molar-refractivity contribution in [1.82, 2.24) is 9.97 Å². The Morgan fingerprint density at radius 3 is 1.96 bits per heavy atom. The average molecular weight is 616 g/mol. The van der Waals surface area contributed by atoms with Gasteiger partial charge in [-0.05, 0) is 78.9 Å². The highest BCUT2D eigenvalue weighted by Gasteiger charge is 2.28. The molecule has 5 nitrogen and oxygen atoms in total. The maximum absolute atomic E-state index is 6.17. The lowest BCUT2D eigenvalue weighted by atomic mass is 10.1. The van der Waals surface area contributed by atoms with Crippen LogP contribution in [0.1, 0.15) is 0 Å². The summed E-state index contributed by atoms with van der Waals surface area (Å²) in [7, 11) is 0. The van der Waals surface area contributed by atoms with E-state index in [4.69, 9.17) is 18.8 Å². The van der Waals surface area contributed by atoms with Crippen LogP contribution in [0, 0.1) is 0 Å². The van der Waals surface area contributed by atoms with Gasteiger partial charge in [0.25, 0.3) is 0 Å². The van der Waals surface area contributed by atoms with Crippen molar-refractivity contribution in [3.05, 3.63) is 127 Å². The summed E-state index contributed by atoms with van der Waals surface area (Å²) in [6.07, 6.45) is 0. The minimum absolute atomic E-state index is 0.618. The molecule has 1 aliphatic rings. The Hall–Kier alpha value is -5.37. The number of thiophene rings is 1. The van der Waals surface area contributed by atoms with E-state index in [0.717, 1.165) is 55.3 Å². The molecule has 0 saturated carbocycles. The van der Waals surface area contributed by atoms with Crippen molar-refractivity contribution < 1.29 is 8.83 Å². The minimum atomic E-state index is 0.618. The number of nitrogens with zero attached hydrogens (tertiary/aromatic N) is 3. The van der Waals surface area contributed by atoms with Crippen LogP contribution in [0.4, 0.5) is 17.1 Å². The van der Waals surface area contributed by atoms with Crippen molar-refractivity contribution in [2.45, 2.75) is 9.79 Å². The summed E-state index contributed by atoms with van der Waals surface area (Å²) in [5, 5.41) is 2.58. The fourth-order valence-corrected chi connectivity index (χ4v) is 8.73. The second-order valence-corrected chi connectivity index (χ2v) is 13.1. The molecule has 0 spiro atoms. The van der Waals surface area contributed by atoms with E-state index in [0.29, 0.717) is 11.8 Å². The topological polar surface area (TPSA) is 55.3 Å². The molecule has 4 heterocycles. The van der Waals surface area contributed by atoms with E-state index in [2.05, 4.69) is 83.8 Å². The fraction of sp³-hybridized carbons (Fsp3) is 0. The van der Waals surface area contributed by atoms with Crippen LogP contribution in [-0.2, 0) is 0 Å². The van der Waals surface area contributed by atoms with Gasteiger partial charge in [0.05, 0.1) is 21.0 Å². The zero-order chi connectivity index (χ0) is 29.5. The number of benzene rings is 6. The molecule has 0 unspecified atom stereocenters. The maximum Gasteiger partial charge on any atom is 0.227 e. The molecule has 3 aromatic heterocycles. The smallest absolute Gasteiger partial charge is 0.227 e. The molecular weight excluding hydrogens is 595 g/mol. The van der Waals surface area contributed by atoms with Gasteiger partial charge in [-0.2, -0.15) is 0 Å². The van der Waals surface area contributed by atoms with Crippen molar-refractivity contribution in [2.75, 3.05) is 4.90 Å². The summed E-state index contributed by atoms with van der Waals surface area (Å²) < 4.78 is 14.8. The number of oxazole rings is 2. The monoisotopic (exact) mass is 615 g/mol. The normalized spacial score (nSPS) is 12.8. The van der Waals surface area contributed by atoms with Gasteiger partial charge < -0.3 is 13.7 Å². The van der Waals surface area contributed by atoms with Crippen LogP contribution in [0.15, 0.2) is 146 Å². The third-order valence-electron chi connectivity index (χ3n) is 8.34. The molecule has 9 aromatic rings. The molecule has 0 fully saturated rings. The average Bonchev–Trinajstić information content (AvgIpc) is 3.82. The van der Waals surface area contributed by atoms with E-state index in [-0.39, 0.29) is 0 Å². The zero-order valence-electron chi connectivity index (χ0n) is 23.6. The number of para-hydroxylation sites is 4. The lowest BCUT2D eigenvalue weighted by Crippen LogP contribution is -2.15. The van der Waals surface area contributed by atoms with Gasteiger partial charge in [0.1, 0.15) is 11.0 Å². The number of hydrogen-bond donors (Lipinski definition) is 0. The van der Waals surface area contributed by atoms with E-state index in [1.807, 2.05) is 71.6 Å². The van der Waals surface area contributed by atoms with Gasteiger partial charge in [-0.3, -0.25) is 0 Å². The van der Waals surface area contributed by atoms with E-state index in [9.17, 15) is 0 Å². The van der Waals surface area contributed by atoms with Crippen LogP contribution in [0.5, 0.6) is 0 Å². The van der Waals surface area contributed by atoms with E-state index >= 15 is 0 Å². The Bertz CT molecular complexity index is 2530. The first-order valence-electron chi connectivity index (χ1n) is 14.7. The Kier molecular flexibility index (Phi) is 5.31. The van der Waals surface area contributed by atoms with Crippen molar-refractivity contribution in [3.8, 4) is 22.9 Å². The standard InChI is InChI=1S/C38H21N3O2S2/c1-6-12-33-25(7-1)26-18-20-30-36(35(26)44-33)45-34-21-23(38-40-28-9-3-5-11-32(28)43-38)15-19-29(34)41(30)24-16-13-22(14-17-24)37-39-27-8-2-4-10-31(27)42-37/h1-21H. The molecule has 0 aliphatic carbocycles. The molecule has 0 atom stereocenters. The molecule has 7 heteroatoms. The van der Waals surface area contributed by atoms with Gasteiger partial charge in [0.15, 0.2) is 11.2 Å². The Labute approximate surface area is 265 Å². The number of aromatic nitrogens is 2. The molecule has 0 N–H and O–H groups in total. The molecule has 10 rings (SSSR count). The molecular formula is C38H21N3O2S2. The Morgan fingerprint density at radius 2 is 1.20 bits per heavy atom. The van der Waals surface area contributed by atoms with E-state index in [1.165, 1.54) is 25.1 Å². The summed E-state index contributed by atoms with van der Waals surface area (Å²) in [6.45, 7) is 0. The van der Waals surface area contributed by atoms with Gasteiger partial charge in [-0.25, -0.2) is 9.97 Å². The van der Waals surface area contributed by atoms with Crippen molar-refractivity contribution in [2.24, 2.45) is 0 Å². The van der Waals surface area contributed by atoms with Crippen LogP contribution in [0.25, 0.3) is 65.3 Å². The number of fused-ring (bicyclic) bond motifs is 8. The van der Waals surface area contributed by atoms with Gasteiger partial charge in [-0.15, -0.1) is 11.3 Å². The summed E-state index contributed by atoms with van der Waals surface area (Å²) in [4.78, 5) is 14.2.